The van der Waals surface area contributed by atoms with Gasteiger partial charge in [0.05, 0.1) is 13.2 Å². The van der Waals surface area contributed by atoms with Crippen LogP contribution >= 0.6 is 0 Å². The van der Waals surface area contributed by atoms with Crippen molar-refractivity contribution in [2.24, 2.45) is 5.73 Å². The smallest absolute Gasteiger partial charge is 0.198 e. The highest BCUT2D eigenvalue weighted by Gasteiger charge is 2.06. The summed E-state index contributed by atoms with van der Waals surface area (Å²) in [5.74, 6) is 1.36. The maximum absolute atomic E-state index is 5.46. The number of nitrogens with zero attached hydrogens (tertiary/aromatic N) is 3. The van der Waals surface area contributed by atoms with Gasteiger partial charge in [-0.3, -0.25) is 0 Å². The van der Waals surface area contributed by atoms with Crippen LogP contribution in [0.4, 0.5) is 0 Å². The number of nitrogens with two attached hydrogens (primary N) is 1. The van der Waals surface area contributed by atoms with Gasteiger partial charge >= 0.3 is 0 Å². The topological polar surface area (TPSA) is 65.4 Å². The quantitative estimate of drug-likeness (QED) is 0.772. The van der Waals surface area contributed by atoms with Gasteiger partial charge in [-0.25, -0.2) is 9.50 Å². The Bertz CT molecular complexity index is 437. The fourth-order valence-corrected chi connectivity index (χ4v) is 1.28. The molecule has 0 saturated carbocycles. The minimum absolute atomic E-state index is 0.341. The fourth-order valence-electron chi connectivity index (χ4n) is 1.28. The molecule has 2 aromatic heterocycles. The van der Waals surface area contributed by atoms with E-state index in [-0.39, 0.29) is 0 Å². The van der Waals surface area contributed by atoms with Crippen molar-refractivity contribution in [3.05, 3.63) is 24.2 Å². The number of fused-ring (bicyclic) bond motifs is 1. The third kappa shape index (κ3) is 1.42. The number of ether oxygens (including phenoxy) is 1. The highest BCUT2D eigenvalue weighted by molar-refractivity contribution is 5.52. The standard InChI is InChI=1S/C9H12N4O/c1-2-14-7-4-3-5-13-9(7)11-8(6-10)12-13/h3-5H,2,6,10H2,1H3. The van der Waals surface area contributed by atoms with Crippen LogP contribution in [-0.2, 0) is 6.54 Å². The molecule has 74 valence electrons. The number of hydrogen-bond acceptors (Lipinski definition) is 4. The highest BCUT2D eigenvalue weighted by Crippen LogP contribution is 2.16. The maximum atomic E-state index is 5.46. The lowest BCUT2D eigenvalue weighted by Gasteiger charge is -2.02. The molecule has 0 amide bonds. The van der Waals surface area contributed by atoms with Crippen LogP contribution in [0.1, 0.15) is 12.7 Å². The average molecular weight is 192 g/mol. The van der Waals surface area contributed by atoms with E-state index in [1.807, 2.05) is 25.3 Å². The minimum Gasteiger partial charge on any atom is -0.490 e. The van der Waals surface area contributed by atoms with Crippen LogP contribution in [0.15, 0.2) is 18.3 Å². The Morgan fingerprint density at radius 2 is 2.43 bits per heavy atom. The maximum Gasteiger partial charge on any atom is 0.198 e. The molecule has 0 aliphatic rings. The Morgan fingerprint density at radius 1 is 1.57 bits per heavy atom. The number of rotatable bonds is 3. The van der Waals surface area contributed by atoms with Gasteiger partial charge in [0.1, 0.15) is 0 Å². The molecule has 2 rings (SSSR count). The van der Waals surface area contributed by atoms with E-state index in [1.54, 1.807) is 4.52 Å². The predicted octanol–water partition coefficient (Wildman–Crippen LogP) is 0.587. The van der Waals surface area contributed by atoms with Gasteiger partial charge in [-0.05, 0) is 19.1 Å². The Balaban J connectivity index is 2.55. The summed E-state index contributed by atoms with van der Waals surface area (Å²) in [6.45, 7) is 2.89. The summed E-state index contributed by atoms with van der Waals surface area (Å²) < 4.78 is 7.09. The van der Waals surface area contributed by atoms with E-state index >= 15 is 0 Å². The molecule has 2 aromatic rings. The predicted molar refractivity (Wildman–Crippen MR) is 52.0 cm³/mol. The van der Waals surface area contributed by atoms with Crippen LogP contribution in [0.3, 0.4) is 0 Å². The Hall–Kier alpha value is -1.62. The highest BCUT2D eigenvalue weighted by atomic mass is 16.5. The Labute approximate surface area is 81.5 Å². The van der Waals surface area contributed by atoms with E-state index in [4.69, 9.17) is 10.5 Å². The molecule has 2 N–H and O–H groups in total. The van der Waals surface area contributed by atoms with E-state index < -0.39 is 0 Å². The van der Waals surface area contributed by atoms with Gasteiger partial charge in [-0.2, -0.15) is 0 Å². The molecular weight excluding hydrogens is 180 g/mol. The summed E-state index contributed by atoms with van der Waals surface area (Å²) in [4.78, 5) is 4.25. The summed E-state index contributed by atoms with van der Waals surface area (Å²) in [6, 6.07) is 3.74. The lowest BCUT2D eigenvalue weighted by Crippen LogP contribution is -1.98. The number of hydrogen-bond donors (Lipinski definition) is 1. The molecule has 0 unspecified atom stereocenters. The molecule has 0 aliphatic carbocycles. The first-order chi connectivity index (χ1) is 6.85. The van der Waals surface area contributed by atoms with E-state index in [0.717, 1.165) is 11.4 Å². The van der Waals surface area contributed by atoms with Gasteiger partial charge in [0, 0.05) is 6.20 Å². The molecule has 0 bridgehead atoms. The van der Waals surface area contributed by atoms with Crippen LogP contribution in [0.25, 0.3) is 5.65 Å². The van der Waals surface area contributed by atoms with E-state index in [2.05, 4.69) is 10.1 Å². The second-order valence-electron chi connectivity index (χ2n) is 2.81. The van der Waals surface area contributed by atoms with Gasteiger partial charge in [-0.1, -0.05) is 0 Å². The zero-order chi connectivity index (χ0) is 9.97. The zero-order valence-electron chi connectivity index (χ0n) is 7.97. The van der Waals surface area contributed by atoms with Crippen LogP contribution in [0.5, 0.6) is 5.75 Å². The van der Waals surface area contributed by atoms with Gasteiger partial charge in [0.2, 0.25) is 0 Å². The SMILES string of the molecule is CCOc1cccn2nc(CN)nc12. The molecule has 0 fully saturated rings. The minimum atomic E-state index is 0.341. The van der Waals surface area contributed by atoms with Crippen molar-refractivity contribution in [2.75, 3.05) is 6.61 Å². The van der Waals surface area contributed by atoms with Crippen molar-refractivity contribution in [3.8, 4) is 5.75 Å². The number of pyridine rings is 1. The third-order valence-electron chi connectivity index (χ3n) is 1.85. The van der Waals surface area contributed by atoms with Crippen molar-refractivity contribution >= 4 is 5.65 Å². The normalized spacial score (nSPS) is 10.7. The van der Waals surface area contributed by atoms with Crippen molar-refractivity contribution in [2.45, 2.75) is 13.5 Å². The molecule has 0 aliphatic heterocycles. The van der Waals surface area contributed by atoms with Crippen LogP contribution in [0, 0.1) is 0 Å². The van der Waals surface area contributed by atoms with E-state index in [1.165, 1.54) is 0 Å². The second kappa shape index (κ2) is 3.63. The summed E-state index contributed by atoms with van der Waals surface area (Å²) in [5, 5.41) is 4.17. The molecule has 0 aromatic carbocycles. The van der Waals surface area contributed by atoms with Gasteiger partial charge < -0.3 is 10.5 Å². The summed E-state index contributed by atoms with van der Waals surface area (Å²) >= 11 is 0. The van der Waals surface area contributed by atoms with Gasteiger partial charge in [-0.15, -0.1) is 5.10 Å². The zero-order valence-corrected chi connectivity index (χ0v) is 7.97. The summed E-state index contributed by atoms with van der Waals surface area (Å²) in [6.07, 6.45) is 1.82. The molecule has 0 spiro atoms. The monoisotopic (exact) mass is 192 g/mol. The van der Waals surface area contributed by atoms with Crippen molar-refractivity contribution in [1.82, 2.24) is 14.6 Å². The average Bonchev–Trinajstić information content (AvgIpc) is 2.62. The summed E-state index contributed by atoms with van der Waals surface area (Å²) in [5.41, 5.74) is 6.18. The molecule has 14 heavy (non-hydrogen) atoms. The largest absolute Gasteiger partial charge is 0.490 e. The Kier molecular flexibility index (Phi) is 2.32. The van der Waals surface area contributed by atoms with E-state index in [0.29, 0.717) is 19.0 Å². The lowest BCUT2D eigenvalue weighted by molar-refractivity contribution is 0.342. The van der Waals surface area contributed by atoms with Gasteiger partial charge in [0.25, 0.3) is 0 Å². The first-order valence-electron chi connectivity index (χ1n) is 4.52. The fraction of sp³-hybridized carbons (Fsp3) is 0.333. The Morgan fingerprint density at radius 3 is 3.14 bits per heavy atom. The van der Waals surface area contributed by atoms with Crippen LogP contribution < -0.4 is 10.5 Å². The van der Waals surface area contributed by atoms with Gasteiger partial charge in [0.15, 0.2) is 17.2 Å². The third-order valence-corrected chi connectivity index (χ3v) is 1.85. The molecule has 5 nitrogen and oxygen atoms in total. The lowest BCUT2D eigenvalue weighted by atomic mass is 10.4. The van der Waals surface area contributed by atoms with Crippen LogP contribution in [0.2, 0.25) is 0 Å². The van der Waals surface area contributed by atoms with E-state index in [9.17, 15) is 0 Å². The number of aromatic nitrogens is 3. The summed E-state index contributed by atoms with van der Waals surface area (Å²) in [7, 11) is 0. The molecular formula is C9H12N4O. The second-order valence-corrected chi connectivity index (χ2v) is 2.81. The molecule has 5 heteroatoms. The molecule has 2 heterocycles. The van der Waals surface area contributed by atoms with Crippen molar-refractivity contribution in [1.29, 1.82) is 0 Å². The van der Waals surface area contributed by atoms with Crippen molar-refractivity contribution < 1.29 is 4.74 Å². The molecule has 0 saturated heterocycles. The van der Waals surface area contributed by atoms with Crippen molar-refractivity contribution in [3.63, 3.8) is 0 Å². The first-order valence-corrected chi connectivity index (χ1v) is 4.52. The molecule has 0 atom stereocenters. The molecule has 0 radical (unpaired) electrons. The first kappa shape index (κ1) is 8.96. The van der Waals surface area contributed by atoms with Crippen LogP contribution in [-0.4, -0.2) is 21.2 Å².